The second-order valence-electron chi connectivity index (χ2n) is 5.46. The van der Waals surface area contributed by atoms with Crippen molar-refractivity contribution in [3.63, 3.8) is 0 Å². The van der Waals surface area contributed by atoms with Gasteiger partial charge in [-0.2, -0.15) is 0 Å². The number of pyridine rings is 1. The van der Waals surface area contributed by atoms with Gasteiger partial charge in [0, 0.05) is 10.7 Å². The van der Waals surface area contributed by atoms with Crippen LogP contribution < -0.4 is 5.32 Å². The molecule has 2 rings (SSSR count). The summed E-state index contributed by atoms with van der Waals surface area (Å²) in [5.41, 5.74) is 1.19. The minimum Gasteiger partial charge on any atom is -0.309 e. The van der Waals surface area contributed by atoms with Crippen LogP contribution in [0, 0.1) is 11.8 Å². The Morgan fingerprint density at radius 1 is 1.33 bits per heavy atom. The highest BCUT2D eigenvalue weighted by Gasteiger charge is 2.27. The SMILES string of the molecule is CCNC(c1ccc(Br)cn1)C1CCC(C)CC1. The summed E-state index contributed by atoms with van der Waals surface area (Å²) in [4.78, 5) is 4.58. The van der Waals surface area contributed by atoms with E-state index in [-0.39, 0.29) is 0 Å². The van der Waals surface area contributed by atoms with Gasteiger partial charge in [-0.05, 0) is 59.3 Å². The minimum absolute atomic E-state index is 0.426. The first-order chi connectivity index (χ1) is 8.70. The molecule has 1 fully saturated rings. The Morgan fingerprint density at radius 3 is 2.61 bits per heavy atom. The largest absolute Gasteiger partial charge is 0.309 e. The third-order valence-corrected chi connectivity index (χ3v) is 4.49. The average molecular weight is 311 g/mol. The van der Waals surface area contributed by atoms with Crippen molar-refractivity contribution in [1.82, 2.24) is 10.3 Å². The highest BCUT2D eigenvalue weighted by Crippen LogP contribution is 2.36. The van der Waals surface area contributed by atoms with Crippen molar-refractivity contribution < 1.29 is 0 Å². The van der Waals surface area contributed by atoms with Crippen LogP contribution in [0.1, 0.15) is 51.3 Å². The van der Waals surface area contributed by atoms with Crippen molar-refractivity contribution in [1.29, 1.82) is 0 Å². The normalized spacial score (nSPS) is 25.9. The maximum absolute atomic E-state index is 4.58. The summed E-state index contributed by atoms with van der Waals surface area (Å²) in [5, 5.41) is 3.63. The Labute approximate surface area is 119 Å². The summed E-state index contributed by atoms with van der Waals surface area (Å²) in [6.07, 6.45) is 7.30. The maximum Gasteiger partial charge on any atom is 0.0576 e. The van der Waals surface area contributed by atoms with Crippen LogP contribution in [0.4, 0.5) is 0 Å². The fourth-order valence-corrected chi connectivity index (χ4v) is 3.16. The Morgan fingerprint density at radius 2 is 2.06 bits per heavy atom. The molecule has 1 N–H and O–H groups in total. The molecule has 0 spiro atoms. The molecule has 0 amide bonds. The first-order valence-electron chi connectivity index (χ1n) is 7.05. The van der Waals surface area contributed by atoms with Crippen LogP contribution in [0.2, 0.25) is 0 Å². The first kappa shape index (κ1) is 14.0. The summed E-state index contributed by atoms with van der Waals surface area (Å²) in [7, 11) is 0. The van der Waals surface area contributed by atoms with Gasteiger partial charge in [0.15, 0.2) is 0 Å². The molecule has 1 unspecified atom stereocenters. The molecule has 1 atom stereocenters. The van der Waals surface area contributed by atoms with E-state index in [1.807, 2.05) is 6.20 Å². The van der Waals surface area contributed by atoms with E-state index in [0.29, 0.717) is 6.04 Å². The molecule has 1 aliphatic rings. The van der Waals surface area contributed by atoms with Gasteiger partial charge in [-0.3, -0.25) is 4.98 Å². The average Bonchev–Trinajstić information content (AvgIpc) is 2.39. The quantitative estimate of drug-likeness (QED) is 0.895. The Bertz CT molecular complexity index is 355. The van der Waals surface area contributed by atoms with E-state index >= 15 is 0 Å². The molecule has 1 heterocycles. The highest BCUT2D eigenvalue weighted by atomic mass is 79.9. The number of nitrogens with one attached hydrogen (secondary N) is 1. The number of hydrogen-bond acceptors (Lipinski definition) is 2. The topological polar surface area (TPSA) is 24.9 Å². The monoisotopic (exact) mass is 310 g/mol. The van der Waals surface area contributed by atoms with E-state index < -0.39 is 0 Å². The lowest BCUT2D eigenvalue weighted by Crippen LogP contribution is -2.31. The van der Waals surface area contributed by atoms with E-state index in [2.05, 4.69) is 52.2 Å². The van der Waals surface area contributed by atoms with E-state index in [9.17, 15) is 0 Å². The Hall–Kier alpha value is -0.410. The Balaban J connectivity index is 2.09. The van der Waals surface area contributed by atoms with Crippen molar-refractivity contribution >= 4 is 15.9 Å². The second-order valence-corrected chi connectivity index (χ2v) is 6.37. The maximum atomic E-state index is 4.58. The molecule has 18 heavy (non-hydrogen) atoms. The second kappa shape index (κ2) is 6.67. The lowest BCUT2D eigenvalue weighted by molar-refractivity contribution is 0.230. The van der Waals surface area contributed by atoms with Gasteiger partial charge in [0.1, 0.15) is 0 Å². The summed E-state index contributed by atoms with van der Waals surface area (Å²) in [5.74, 6) is 1.65. The first-order valence-corrected chi connectivity index (χ1v) is 7.84. The van der Waals surface area contributed by atoms with Gasteiger partial charge in [0.2, 0.25) is 0 Å². The van der Waals surface area contributed by atoms with Crippen LogP contribution in [0.5, 0.6) is 0 Å². The van der Waals surface area contributed by atoms with Crippen molar-refractivity contribution in [2.75, 3.05) is 6.54 Å². The fourth-order valence-electron chi connectivity index (χ4n) is 2.92. The number of aromatic nitrogens is 1. The number of nitrogens with zero attached hydrogens (tertiary/aromatic N) is 1. The zero-order valence-corrected chi connectivity index (χ0v) is 12.9. The smallest absolute Gasteiger partial charge is 0.0576 e. The molecular formula is C15H23BrN2. The summed E-state index contributed by atoms with van der Waals surface area (Å²) in [6.45, 7) is 5.56. The predicted molar refractivity (Wildman–Crippen MR) is 79.5 cm³/mol. The highest BCUT2D eigenvalue weighted by molar-refractivity contribution is 9.10. The van der Waals surface area contributed by atoms with Crippen LogP contribution in [0.15, 0.2) is 22.8 Å². The third kappa shape index (κ3) is 3.55. The van der Waals surface area contributed by atoms with Gasteiger partial charge in [-0.15, -0.1) is 0 Å². The van der Waals surface area contributed by atoms with Crippen molar-refractivity contribution in [3.05, 3.63) is 28.5 Å². The molecule has 1 saturated carbocycles. The van der Waals surface area contributed by atoms with Gasteiger partial charge >= 0.3 is 0 Å². The zero-order chi connectivity index (χ0) is 13.0. The lowest BCUT2D eigenvalue weighted by atomic mass is 9.78. The number of halogens is 1. The van der Waals surface area contributed by atoms with Gasteiger partial charge < -0.3 is 5.32 Å². The molecule has 0 saturated heterocycles. The van der Waals surface area contributed by atoms with Gasteiger partial charge in [-0.25, -0.2) is 0 Å². The summed E-state index contributed by atoms with van der Waals surface area (Å²) >= 11 is 3.45. The zero-order valence-electron chi connectivity index (χ0n) is 11.3. The van der Waals surface area contributed by atoms with Gasteiger partial charge in [-0.1, -0.05) is 26.7 Å². The van der Waals surface area contributed by atoms with Gasteiger partial charge in [0.25, 0.3) is 0 Å². The minimum atomic E-state index is 0.426. The van der Waals surface area contributed by atoms with Crippen LogP contribution in [-0.2, 0) is 0 Å². The van der Waals surface area contributed by atoms with Crippen LogP contribution in [-0.4, -0.2) is 11.5 Å². The van der Waals surface area contributed by atoms with Crippen molar-refractivity contribution in [2.24, 2.45) is 11.8 Å². The summed E-state index contributed by atoms with van der Waals surface area (Å²) < 4.78 is 1.05. The molecule has 1 aliphatic carbocycles. The molecule has 0 radical (unpaired) electrons. The molecule has 0 aliphatic heterocycles. The molecule has 3 heteroatoms. The van der Waals surface area contributed by atoms with Crippen LogP contribution in [0.3, 0.4) is 0 Å². The van der Waals surface area contributed by atoms with E-state index in [4.69, 9.17) is 0 Å². The Kier molecular flexibility index (Phi) is 5.19. The standard InChI is InChI=1S/C15H23BrN2/c1-3-17-15(12-6-4-11(2)5-7-12)14-9-8-13(16)10-18-14/h8-12,15,17H,3-7H2,1-2H3. The molecular weight excluding hydrogens is 288 g/mol. The molecule has 1 aromatic heterocycles. The summed E-state index contributed by atoms with van der Waals surface area (Å²) in [6, 6.07) is 4.67. The molecule has 0 bridgehead atoms. The molecule has 2 nitrogen and oxygen atoms in total. The predicted octanol–water partition coefficient (Wildman–Crippen LogP) is 4.32. The van der Waals surface area contributed by atoms with E-state index in [1.165, 1.54) is 31.4 Å². The number of hydrogen-bond donors (Lipinski definition) is 1. The van der Waals surface area contributed by atoms with Crippen molar-refractivity contribution in [3.8, 4) is 0 Å². The van der Waals surface area contributed by atoms with Gasteiger partial charge in [0.05, 0.1) is 11.7 Å². The van der Waals surface area contributed by atoms with Crippen molar-refractivity contribution in [2.45, 2.75) is 45.6 Å². The van der Waals surface area contributed by atoms with Crippen LogP contribution >= 0.6 is 15.9 Å². The lowest BCUT2D eigenvalue weighted by Gasteiger charge is -2.33. The number of rotatable bonds is 4. The van der Waals surface area contributed by atoms with E-state index in [0.717, 1.165) is 22.9 Å². The van der Waals surface area contributed by atoms with E-state index in [1.54, 1.807) is 0 Å². The molecule has 0 aromatic carbocycles. The molecule has 1 aromatic rings. The molecule has 100 valence electrons. The van der Waals surface area contributed by atoms with Crippen LogP contribution in [0.25, 0.3) is 0 Å². The fraction of sp³-hybridized carbons (Fsp3) is 0.667. The third-order valence-electron chi connectivity index (χ3n) is 4.02.